The molecule has 0 saturated carbocycles. The second-order valence-corrected chi connectivity index (χ2v) is 1.70. The van der Waals surface area contributed by atoms with Crippen LogP contribution < -0.4 is 11.1 Å². The lowest BCUT2D eigenvalue weighted by molar-refractivity contribution is -0.118. The van der Waals surface area contributed by atoms with Crippen LogP contribution in [0.1, 0.15) is 6.42 Å². The normalized spacial score (nSPS) is 9.00. The van der Waals surface area contributed by atoms with Crippen molar-refractivity contribution in [2.45, 2.75) is 12.7 Å². The maximum Gasteiger partial charge on any atom is 0.211 e. The first-order valence-electron chi connectivity index (χ1n) is 2.98. The van der Waals surface area contributed by atoms with Crippen molar-refractivity contribution < 1.29 is 4.79 Å². The minimum absolute atomic E-state index is 0.0601. The highest BCUT2D eigenvalue weighted by atomic mass is 16.1. The molecule has 0 atom stereocenters. The van der Waals surface area contributed by atoms with Crippen LogP contribution in [0.15, 0.2) is 0 Å². The van der Waals surface area contributed by atoms with Crippen molar-refractivity contribution in [1.82, 2.24) is 5.32 Å². The van der Waals surface area contributed by atoms with Crippen LogP contribution in [0, 0.1) is 0 Å². The molecule has 3 N–H and O–H groups in total. The van der Waals surface area contributed by atoms with Crippen LogP contribution in [0.25, 0.3) is 0 Å². The minimum atomic E-state index is -0.122. The van der Waals surface area contributed by atoms with Crippen molar-refractivity contribution >= 4 is 13.8 Å². The Morgan fingerprint density at radius 3 is 2.78 bits per heavy atom. The van der Waals surface area contributed by atoms with Crippen LogP contribution in [-0.4, -0.2) is 26.8 Å². The first kappa shape index (κ1) is 8.49. The lowest BCUT2D eigenvalue weighted by Gasteiger charge is -1.99. The number of nitrogens with one attached hydrogen (secondary N) is 1. The summed E-state index contributed by atoms with van der Waals surface area (Å²) in [5, 5.41) is 2.59. The molecule has 0 spiro atoms. The third kappa shape index (κ3) is 5.36. The van der Waals surface area contributed by atoms with Gasteiger partial charge in [-0.25, -0.2) is 0 Å². The summed E-state index contributed by atoms with van der Waals surface area (Å²) in [7, 11) is 5.01. The van der Waals surface area contributed by atoms with Crippen LogP contribution in [0.5, 0.6) is 0 Å². The molecule has 0 aromatic rings. The summed E-state index contributed by atoms with van der Waals surface area (Å²) in [6.45, 7) is 1.23. The molecule has 0 saturated heterocycles. The third-order valence-corrected chi connectivity index (χ3v) is 0.888. The molecule has 2 radical (unpaired) electrons. The van der Waals surface area contributed by atoms with E-state index in [2.05, 4.69) is 5.32 Å². The SMILES string of the molecule is [B]CC(=O)NCCCN. The fourth-order valence-corrected chi connectivity index (χ4v) is 0.402. The van der Waals surface area contributed by atoms with E-state index in [9.17, 15) is 4.79 Å². The number of carbonyl (C=O) groups excluding carboxylic acids is 1. The molecule has 9 heavy (non-hydrogen) atoms. The average molecular weight is 126 g/mol. The number of hydrogen-bond donors (Lipinski definition) is 2. The van der Waals surface area contributed by atoms with E-state index in [0.717, 1.165) is 6.42 Å². The Bertz CT molecular complexity index is 87.0. The van der Waals surface area contributed by atoms with Gasteiger partial charge in [0.2, 0.25) is 5.91 Å². The van der Waals surface area contributed by atoms with E-state index in [4.69, 9.17) is 13.6 Å². The quantitative estimate of drug-likeness (QED) is 0.376. The number of amides is 1. The highest BCUT2D eigenvalue weighted by Gasteiger charge is 1.91. The van der Waals surface area contributed by atoms with Crippen LogP contribution in [0.3, 0.4) is 0 Å². The molecule has 0 rings (SSSR count). The molecule has 0 heterocycles. The zero-order chi connectivity index (χ0) is 7.11. The zero-order valence-corrected chi connectivity index (χ0v) is 5.39. The summed E-state index contributed by atoms with van der Waals surface area (Å²) in [5.74, 6) is -0.122. The second-order valence-electron chi connectivity index (χ2n) is 1.70. The van der Waals surface area contributed by atoms with E-state index in [0.29, 0.717) is 13.1 Å². The van der Waals surface area contributed by atoms with Crippen molar-refractivity contribution in [1.29, 1.82) is 0 Å². The van der Waals surface area contributed by atoms with E-state index in [1.165, 1.54) is 0 Å². The van der Waals surface area contributed by atoms with E-state index >= 15 is 0 Å². The molecule has 0 aromatic carbocycles. The minimum Gasteiger partial charge on any atom is -0.357 e. The van der Waals surface area contributed by atoms with Gasteiger partial charge in [-0.3, -0.25) is 4.79 Å². The standard InChI is InChI=1S/C5H11BN2O/c6-4-5(9)8-3-1-2-7/h1-4,7H2,(H,8,9). The van der Waals surface area contributed by atoms with Crippen molar-refractivity contribution in [3.05, 3.63) is 0 Å². The van der Waals surface area contributed by atoms with Crippen LogP contribution >= 0.6 is 0 Å². The molecule has 0 aliphatic rings. The maximum absolute atomic E-state index is 10.4. The number of rotatable bonds is 4. The second kappa shape index (κ2) is 5.63. The topological polar surface area (TPSA) is 55.1 Å². The van der Waals surface area contributed by atoms with Crippen molar-refractivity contribution in [2.24, 2.45) is 5.73 Å². The molecule has 4 heteroatoms. The van der Waals surface area contributed by atoms with Gasteiger partial charge in [0.25, 0.3) is 0 Å². The van der Waals surface area contributed by atoms with Gasteiger partial charge < -0.3 is 11.1 Å². The van der Waals surface area contributed by atoms with E-state index in [1.54, 1.807) is 0 Å². The Kier molecular flexibility index (Phi) is 5.31. The molecule has 1 amide bonds. The lowest BCUT2D eigenvalue weighted by atomic mass is 10.1. The van der Waals surface area contributed by atoms with Crippen molar-refractivity contribution in [2.75, 3.05) is 13.1 Å². The van der Waals surface area contributed by atoms with Gasteiger partial charge in [-0.15, -0.1) is 0 Å². The van der Waals surface area contributed by atoms with Gasteiger partial charge in [0, 0.05) is 6.54 Å². The Morgan fingerprint density at radius 1 is 1.67 bits per heavy atom. The zero-order valence-electron chi connectivity index (χ0n) is 5.39. The average Bonchev–Trinajstić information content (AvgIpc) is 1.89. The molecule has 3 nitrogen and oxygen atoms in total. The van der Waals surface area contributed by atoms with E-state index in [-0.39, 0.29) is 12.2 Å². The molecule has 0 bridgehead atoms. The Morgan fingerprint density at radius 2 is 2.33 bits per heavy atom. The number of carbonyl (C=O) groups is 1. The highest BCUT2D eigenvalue weighted by Crippen LogP contribution is 1.73. The van der Waals surface area contributed by atoms with Gasteiger partial charge in [-0.2, -0.15) is 0 Å². The Labute approximate surface area is 56.4 Å². The molecule has 0 aromatic heterocycles. The first-order chi connectivity index (χ1) is 4.31. The molecule has 0 fully saturated rings. The van der Waals surface area contributed by atoms with E-state index in [1.807, 2.05) is 0 Å². The summed E-state index contributed by atoms with van der Waals surface area (Å²) < 4.78 is 0. The summed E-state index contributed by atoms with van der Waals surface area (Å²) in [4.78, 5) is 10.4. The number of hydrogen-bond acceptors (Lipinski definition) is 2. The predicted molar refractivity (Wildman–Crippen MR) is 37.2 cm³/mol. The molecular formula is C5H11BN2O. The van der Waals surface area contributed by atoms with Crippen LogP contribution in [0.4, 0.5) is 0 Å². The van der Waals surface area contributed by atoms with Gasteiger partial charge in [0.15, 0.2) is 0 Å². The van der Waals surface area contributed by atoms with Gasteiger partial charge in [0.1, 0.15) is 0 Å². The van der Waals surface area contributed by atoms with Gasteiger partial charge in [0.05, 0.1) is 7.85 Å². The van der Waals surface area contributed by atoms with Crippen molar-refractivity contribution in [3.8, 4) is 0 Å². The Balaban J connectivity index is 2.97. The third-order valence-electron chi connectivity index (χ3n) is 0.888. The fourth-order valence-electron chi connectivity index (χ4n) is 0.402. The summed E-state index contributed by atoms with van der Waals surface area (Å²) in [6.07, 6.45) is 0.871. The van der Waals surface area contributed by atoms with Crippen LogP contribution in [-0.2, 0) is 4.79 Å². The molecular weight excluding hydrogens is 115 g/mol. The Hall–Kier alpha value is -0.505. The van der Waals surface area contributed by atoms with Crippen LogP contribution in [0.2, 0.25) is 6.32 Å². The summed E-state index contributed by atoms with van der Waals surface area (Å²) in [5.41, 5.74) is 5.17. The smallest absolute Gasteiger partial charge is 0.211 e. The van der Waals surface area contributed by atoms with Crippen molar-refractivity contribution in [3.63, 3.8) is 0 Å². The molecule has 0 aliphatic heterocycles. The molecule has 0 aliphatic carbocycles. The monoisotopic (exact) mass is 126 g/mol. The van der Waals surface area contributed by atoms with E-state index < -0.39 is 0 Å². The van der Waals surface area contributed by atoms with Gasteiger partial charge in [-0.05, 0) is 19.3 Å². The largest absolute Gasteiger partial charge is 0.357 e. The number of nitrogens with two attached hydrogens (primary N) is 1. The predicted octanol–water partition coefficient (Wildman–Crippen LogP) is -0.962. The summed E-state index contributed by atoms with van der Waals surface area (Å²) in [6, 6.07) is 0. The highest BCUT2D eigenvalue weighted by molar-refractivity contribution is 6.19. The van der Waals surface area contributed by atoms with Gasteiger partial charge >= 0.3 is 0 Å². The van der Waals surface area contributed by atoms with Gasteiger partial charge in [-0.1, -0.05) is 0 Å². The fraction of sp³-hybridized carbons (Fsp3) is 0.800. The summed E-state index contributed by atoms with van der Waals surface area (Å²) >= 11 is 0. The lowest BCUT2D eigenvalue weighted by Crippen LogP contribution is -2.25. The molecule has 0 unspecified atom stereocenters. The first-order valence-corrected chi connectivity index (χ1v) is 2.98. The maximum atomic E-state index is 10.4. The molecule has 50 valence electrons.